The van der Waals surface area contributed by atoms with Gasteiger partial charge in [-0.15, -0.1) is 11.3 Å². The number of hydrogen-bond acceptors (Lipinski definition) is 4. The molecule has 2 rings (SSSR count). The van der Waals surface area contributed by atoms with Crippen LogP contribution in [0.1, 0.15) is 44.4 Å². The molecule has 1 aromatic heterocycles. The van der Waals surface area contributed by atoms with Gasteiger partial charge in [0.05, 0.1) is 4.91 Å². The molecule has 21 heavy (non-hydrogen) atoms. The van der Waals surface area contributed by atoms with Gasteiger partial charge in [0.1, 0.15) is 4.32 Å². The topological polar surface area (TPSA) is 20.3 Å². The van der Waals surface area contributed by atoms with Gasteiger partial charge in [0.15, 0.2) is 0 Å². The number of thiophene rings is 1. The second kappa shape index (κ2) is 8.11. The van der Waals surface area contributed by atoms with Crippen molar-refractivity contribution < 1.29 is 4.79 Å². The highest BCUT2D eigenvalue weighted by molar-refractivity contribution is 8.26. The summed E-state index contributed by atoms with van der Waals surface area (Å²) in [5, 5.41) is 2.02. The average molecular weight is 340 g/mol. The molecule has 0 aliphatic carbocycles. The highest BCUT2D eigenvalue weighted by Gasteiger charge is 2.33. The van der Waals surface area contributed by atoms with Crippen molar-refractivity contribution >= 4 is 51.6 Å². The van der Waals surface area contributed by atoms with E-state index in [4.69, 9.17) is 12.2 Å². The van der Waals surface area contributed by atoms with Crippen molar-refractivity contribution in [2.45, 2.75) is 39.5 Å². The van der Waals surface area contributed by atoms with Gasteiger partial charge in [0.2, 0.25) is 0 Å². The maximum absolute atomic E-state index is 12.5. The fraction of sp³-hybridized carbons (Fsp3) is 0.500. The minimum atomic E-state index is 0.0772. The zero-order chi connectivity index (χ0) is 15.2. The second-order valence-electron chi connectivity index (χ2n) is 5.22. The molecule has 5 heteroatoms. The van der Waals surface area contributed by atoms with Crippen LogP contribution < -0.4 is 0 Å². The number of hydrogen-bond donors (Lipinski definition) is 0. The Morgan fingerprint density at radius 2 is 2.24 bits per heavy atom. The van der Waals surface area contributed by atoms with E-state index in [1.165, 1.54) is 31.0 Å². The number of carbonyl (C=O) groups excluding carboxylic acids is 1. The van der Waals surface area contributed by atoms with E-state index in [1.54, 1.807) is 16.2 Å². The minimum Gasteiger partial charge on any atom is -0.293 e. The smallest absolute Gasteiger partial charge is 0.266 e. The predicted octanol–water partition coefficient (Wildman–Crippen LogP) is 5.17. The lowest BCUT2D eigenvalue weighted by atomic mass is 9.99. The number of thioether (sulfide) groups is 1. The van der Waals surface area contributed by atoms with Gasteiger partial charge < -0.3 is 0 Å². The number of carbonyl (C=O) groups is 1. The molecule has 1 aliphatic heterocycles. The van der Waals surface area contributed by atoms with E-state index >= 15 is 0 Å². The van der Waals surface area contributed by atoms with Crippen molar-refractivity contribution in [1.82, 2.24) is 4.90 Å². The molecular weight excluding hydrogens is 318 g/mol. The van der Waals surface area contributed by atoms with E-state index in [9.17, 15) is 4.79 Å². The summed E-state index contributed by atoms with van der Waals surface area (Å²) in [6, 6.07) is 4.02. The first kappa shape index (κ1) is 16.7. The lowest BCUT2D eigenvalue weighted by molar-refractivity contribution is -0.122. The van der Waals surface area contributed by atoms with Crippen LogP contribution in [0.5, 0.6) is 0 Å². The molecular formula is C16H21NOS3. The Labute approximate surface area is 140 Å². The van der Waals surface area contributed by atoms with E-state index in [0.29, 0.717) is 10.2 Å². The fourth-order valence-corrected chi connectivity index (χ4v) is 4.33. The van der Waals surface area contributed by atoms with Crippen LogP contribution in [0, 0.1) is 5.92 Å². The summed E-state index contributed by atoms with van der Waals surface area (Å²) in [4.78, 5) is 16.2. The summed E-state index contributed by atoms with van der Waals surface area (Å²) >= 11 is 8.47. The van der Waals surface area contributed by atoms with Crippen molar-refractivity contribution in [2.24, 2.45) is 5.92 Å². The van der Waals surface area contributed by atoms with Crippen LogP contribution in [0.2, 0.25) is 0 Å². The monoisotopic (exact) mass is 339 g/mol. The normalized spacial score (nSPS) is 18.8. The lowest BCUT2D eigenvalue weighted by Crippen LogP contribution is -2.33. The first-order chi connectivity index (χ1) is 10.2. The third-order valence-corrected chi connectivity index (χ3v) is 5.87. The van der Waals surface area contributed by atoms with Crippen molar-refractivity contribution in [3.63, 3.8) is 0 Å². The maximum atomic E-state index is 12.5. The van der Waals surface area contributed by atoms with Crippen LogP contribution in [0.15, 0.2) is 22.4 Å². The van der Waals surface area contributed by atoms with Gasteiger partial charge in [0.25, 0.3) is 5.91 Å². The molecule has 1 aromatic rings. The van der Waals surface area contributed by atoms with Crippen molar-refractivity contribution in [2.75, 3.05) is 6.54 Å². The predicted molar refractivity (Wildman–Crippen MR) is 97.5 cm³/mol. The third-order valence-electron chi connectivity index (χ3n) is 3.67. The van der Waals surface area contributed by atoms with Crippen LogP contribution in [0.4, 0.5) is 0 Å². The summed E-state index contributed by atoms with van der Waals surface area (Å²) in [6.07, 6.45) is 6.65. The van der Waals surface area contributed by atoms with Crippen LogP contribution >= 0.6 is 35.3 Å². The van der Waals surface area contributed by atoms with Gasteiger partial charge >= 0.3 is 0 Å². The molecule has 1 atom stereocenters. The zero-order valence-electron chi connectivity index (χ0n) is 12.5. The quantitative estimate of drug-likeness (QED) is 0.505. The largest absolute Gasteiger partial charge is 0.293 e. The van der Waals surface area contributed by atoms with E-state index in [1.807, 2.05) is 23.6 Å². The number of thiocarbonyl (C=S) groups is 1. The van der Waals surface area contributed by atoms with E-state index in [-0.39, 0.29) is 5.91 Å². The van der Waals surface area contributed by atoms with E-state index in [0.717, 1.165) is 22.7 Å². The molecule has 2 heterocycles. The molecule has 0 radical (unpaired) electrons. The van der Waals surface area contributed by atoms with Crippen LogP contribution in [-0.4, -0.2) is 21.7 Å². The van der Waals surface area contributed by atoms with Gasteiger partial charge in [-0.05, 0) is 29.9 Å². The minimum absolute atomic E-state index is 0.0772. The Morgan fingerprint density at radius 3 is 2.86 bits per heavy atom. The maximum Gasteiger partial charge on any atom is 0.266 e. The molecule has 114 valence electrons. The zero-order valence-corrected chi connectivity index (χ0v) is 15.0. The SMILES string of the molecule is CCCC[C@H](CC)CN1C(=O)/C(=C/c2cccs2)SC1=S. The Bertz CT molecular complexity index is 522. The van der Waals surface area contributed by atoms with Crippen molar-refractivity contribution in [1.29, 1.82) is 0 Å². The Hall–Kier alpha value is -0.650. The first-order valence-corrected chi connectivity index (χ1v) is 9.55. The van der Waals surface area contributed by atoms with E-state index in [2.05, 4.69) is 13.8 Å². The number of unbranched alkanes of at least 4 members (excludes halogenated alkanes) is 1. The Kier molecular flexibility index (Phi) is 6.45. The fourth-order valence-electron chi connectivity index (χ4n) is 2.34. The summed E-state index contributed by atoms with van der Waals surface area (Å²) in [6.45, 7) is 5.17. The summed E-state index contributed by atoms with van der Waals surface area (Å²) < 4.78 is 0.706. The summed E-state index contributed by atoms with van der Waals surface area (Å²) in [5.41, 5.74) is 0. The molecule has 0 aromatic carbocycles. The average Bonchev–Trinajstić information content (AvgIpc) is 3.07. The molecule has 0 saturated carbocycles. The number of nitrogens with zero attached hydrogens (tertiary/aromatic N) is 1. The summed E-state index contributed by atoms with van der Waals surface area (Å²) in [7, 11) is 0. The Morgan fingerprint density at radius 1 is 1.43 bits per heavy atom. The van der Waals surface area contributed by atoms with E-state index < -0.39 is 0 Å². The molecule has 0 unspecified atom stereocenters. The molecule has 1 aliphatic rings. The van der Waals surface area contributed by atoms with Gasteiger partial charge in [-0.3, -0.25) is 9.69 Å². The van der Waals surface area contributed by atoms with Gasteiger partial charge in [-0.1, -0.05) is 63.2 Å². The standard InChI is InChI=1S/C16H21NOS3/c1-3-5-7-12(4-2)11-17-15(18)14(21-16(17)19)10-13-8-6-9-20-13/h6,8-10,12H,3-5,7,11H2,1-2H3/b14-10-/t12-/m0/s1. The molecule has 1 amide bonds. The van der Waals surface area contributed by atoms with Crippen molar-refractivity contribution in [3.8, 4) is 0 Å². The van der Waals surface area contributed by atoms with Crippen molar-refractivity contribution in [3.05, 3.63) is 27.3 Å². The molecule has 0 bridgehead atoms. The van der Waals surface area contributed by atoms with Crippen LogP contribution in [0.25, 0.3) is 6.08 Å². The Balaban J connectivity index is 2.04. The van der Waals surface area contributed by atoms with Crippen LogP contribution in [0.3, 0.4) is 0 Å². The number of rotatable bonds is 7. The molecule has 1 fully saturated rings. The van der Waals surface area contributed by atoms with Crippen LogP contribution in [-0.2, 0) is 4.79 Å². The molecule has 2 nitrogen and oxygen atoms in total. The van der Waals surface area contributed by atoms with Gasteiger partial charge in [0, 0.05) is 11.4 Å². The first-order valence-electron chi connectivity index (χ1n) is 7.44. The number of amides is 1. The van der Waals surface area contributed by atoms with Gasteiger partial charge in [-0.2, -0.15) is 0 Å². The highest BCUT2D eigenvalue weighted by Crippen LogP contribution is 2.34. The molecule has 0 spiro atoms. The summed E-state index contributed by atoms with van der Waals surface area (Å²) in [5.74, 6) is 0.627. The molecule has 0 N–H and O–H groups in total. The van der Waals surface area contributed by atoms with Gasteiger partial charge in [-0.25, -0.2) is 0 Å². The third kappa shape index (κ3) is 4.41. The lowest BCUT2D eigenvalue weighted by Gasteiger charge is -2.21. The highest BCUT2D eigenvalue weighted by atomic mass is 32.2. The molecule has 1 saturated heterocycles. The second-order valence-corrected chi connectivity index (χ2v) is 7.88.